The maximum atomic E-state index is 12.5. The lowest BCUT2D eigenvalue weighted by Crippen LogP contribution is -2.25. The number of nitrogens with zero attached hydrogens (tertiary/aromatic N) is 2. The van der Waals surface area contributed by atoms with Crippen molar-refractivity contribution in [3.05, 3.63) is 88.2 Å². The van der Waals surface area contributed by atoms with Crippen LogP contribution in [0.2, 0.25) is 5.02 Å². The first-order valence-electron chi connectivity index (χ1n) is 8.77. The lowest BCUT2D eigenvalue weighted by molar-refractivity contribution is 0.0946. The highest BCUT2D eigenvalue weighted by Crippen LogP contribution is 2.14. The maximum absolute atomic E-state index is 12.5. The van der Waals surface area contributed by atoms with E-state index in [0.717, 1.165) is 17.7 Å². The smallest absolute Gasteiger partial charge is 0.270 e. The summed E-state index contributed by atoms with van der Waals surface area (Å²) in [6.45, 7) is 2.88. The zero-order valence-corrected chi connectivity index (χ0v) is 15.8. The second kappa shape index (κ2) is 9.14. The highest BCUT2D eigenvalue weighted by Gasteiger charge is 2.11. The minimum Gasteiger partial charge on any atom is -0.354 e. The van der Waals surface area contributed by atoms with E-state index in [2.05, 4.69) is 32.7 Å². The van der Waals surface area contributed by atoms with E-state index in [-0.39, 0.29) is 5.91 Å². The first kappa shape index (κ1) is 18.9. The second-order valence-corrected chi connectivity index (χ2v) is 6.56. The normalized spacial score (nSPS) is 10.4. The number of halogens is 1. The minimum absolute atomic E-state index is 0.258. The third-order valence-corrected chi connectivity index (χ3v) is 4.39. The third kappa shape index (κ3) is 5.53. The largest absolute Gasteiger partial charge is 0.354 e. The van der Waals surface area contributed by atoms with Gasteiger partial charge in [-0.15, -0.1) is 0 Å². The highest BCUT2D eigenvalue weighted by atomic mass is 35.5. The number of rotatable bonds is 7. The van der Waals surface area contributed by atoms with Crippen molar-refractivity contribution in [2.45, 2.75) is 19.9 Å². The number of nitrogens with one attached hydrogen (secondary N) is 2. The van der Waals surface area contributed by atoms with Gasteiger partial charge >= 0.3 is 0 Å². The molecule has 0 bridgehead atoms. The van der Waals surface area contributed by atoms with Crippen molar-refractivity contribution in [1.82, 2.24) is 15.3 Å². The summed E-state index contributed by atoms with van der Waals surface area (Å²) in [5.41, 5.74) is 3.15. The summed E-state index contributed by atoms with van der Waals surface area (Å²) in [6, 6.07) is 19.3. The van der Waals surface area contributed by atoms with Crippen LogP contribution in [-0.4, -0.2) is 22.4 Å². The molecule has 3 rings (SSSR count). The Labute approximate surface area is 163 Å². The summed E-state index contributed by atoms with van der Waals surface area (Å²) in [6.07, 6.45) is 0.853. The average Bonchev–Trinajstić information content (AvgIpc) is 2.67. The van der Waals surface area contributed by atoms with Gasteiger partial charge in [0.1, 0.15) is 5.69 Å². The van der Waals surface area contributed by atoms with E-state index in [1.165, 1.54) is 5.56 Å². The van der Waals surface area contributed by atoms with Crippen molar-refractivity contribution in [2.24, 2.45) is 0 Å². The standard InChI is InChI=1S/C21H21ClN4O/c1-15-13-19(20(27)24-14-17-9-5-6-10-18(17)22)26-21(25-15)23-12-11-16-7-3-2-4-8-16/h2-10,13H,11-12,14H2,1H3,(H,24,27)(H,23,25,26). The Balaban J connectivity index is 1.60. The predicted molar refractivity (Wildman–Crippen MR) is 108 cm³/mol. The predicted octanol–water partition coefficient (Wildman–Crippen LogP) is 4.02. The molecular formula is C21H21ClN4O. The van der Waals surface area contributed by atoms with E-state index >= 15 is 0 Å². The van der Waals surface area contributed by atoms with E-state index in [1.54, 1.807) is 12.1 Å². The number of aromatic nitrogens is 2. The number of carbonyl (C=O) groups excluding carboxylic acids is 1. The van der Waals surface area contributed by atoms with E-state index in [9.17, 15) is 4.79 Å². The molecule has 0 spiro atoms. The van der Waals surface area contributed by atoms with E-state index in [0.29, 0.717) is 29.8 Å². The van der Waals surface area contributed by atoms with Crippen LogP contribution in [0.25, 0.3) is 0 Å². The van der Waals surface area contributed by atoms with Crippen molar-refractivity contribution in [3.63, 3.8) is 0 Å². The van der Waals surface area contributed by atoms with Gasteiger partial charge in [0.25, 0.3) is 5.91 Å². The fourth-order valence-corrected chi connectivity index (χ4v) is 2.84. The quantitative estimate of drug-likeness (QED) is 0.649. The molecular weight excluding hydrogens is 360 g/mol. The molecule has 2 N–H and O–H groups in total. The van der Waals surface area contributed by atoms with Gasteiger partial charge in [0.15, 0.2) is 0 Å². The van der Waals surface area contributed by atoms with Crippen LogP contribution < -0.4 is 10.6 Å². The Kier molecular flexibility index (Phi) is 6.39. The number of anilines is 1. The van der Waals surface area contributed by atoms with Crippen LogP contribution in [0.1, 0.15) is 27.3 Å². The van der Waals surface area contributed by atoms with Crippen LogP contribution in [0.3, 0.4) is 0 Å². The summed E-state index contributed by atoms with van der Waals surface area (Å²) in [5, 5.41) is 6.66. The fraction of sp³-hybridized carbons (Fsp3) is 0.190. The number of hydrogen-bond donors (Lipinski definition) is 2. The Hall–Kier alpha value is -2.92. The third-order valence-electron chi connectivity index (χ3n) is 4.02. The Morgan fingerprint density at radius 2 is 1.78 bits per heavy atom. The summed E-state index contributed by atoms with van der Waals surface area (Å²) >= 11 is 6.12. The van der Waals surface area contributed by atoms with Crippen molar-refractivity contribution in [3.8, 4) is 0 Å². The zero-order chi connectivity index (χ0) is 19.1. The number of aryl methyl sites for hydroxylation is 1. The van der Waals surface area contributed by atoms with Gasteiger partial charge in [0.2, 0.25) is 5.95 Å². The van der Waals surface area contributed by atoms with Crippen molar-refractivity contribution < 1.29 is 4.79 Å². The molecule has 0 saturated carbocycles. The van der Waals surface area contributed by atoms with Gasteiger partial charge in [0, 0.05) is 23.8 Å². The number of carbonyl (C=O) groups is 1. The molecule has 0 atom stereocenters. The average molecular weight is 381 g/mol. The van der Waals surface area contributed by atoms with Crippen LogP contribution in [-0.2, 0) is 13.0 Å². The van der Waals surface area contributed by atoms with Crippen LogP contribution in [0.15, 0.2) is 60.7 Å². The molecule has 2 aromatic carbocycles. The summed E-state index contributed by atoms with van der Waals surface area (Å²) in [4.78, 5) is 21.1. The SMILES string of the molecule is Cc1cc(C(=O)NCc2ccccc2Cl)nc(NCCc2ccccc2)n1. The monoisotopic (exact) mass is 380 g/mol. The molecule has 6 heteroatoms. The van der Waals surface area contributed by atoms with E-state index in [4.69, 9.17) is 11.6 Å². The van der Waals surface area contributed by atoms with Crippen LogP contribution in [0.5, 0.6) is 0 Å². The second-order valence-electron chi connectivity index (χ2n) is 6.15. The molecule has 0 aliphatic heterocycles. The molecule has 1 heterocycles. The first-order chi connectivity index (χ1) is 13.1. The molecule has 0 fully saturated rings. The molecule has 1 aromatic heterocycles. The Morgan fingerprint density at radius 1 is 1.04 bits per heavy atom. The molecule has 5 nitrogen and oxygen atoms in total. The molecule has 0 unspecified atom stereocenters. The van der Waals surface area contributed by atoms with Crippen LogP contribution >= 0.6 is 11.6 Å². The lowest BCUT2D eigenvalue weighted by atomic mass is 10.1. The van der Waals surface area contributed by atoms with Gasteiger partial charge in [-0.1, -0.05) is 60.1 Å². The van der Waals surface area contributed by atoms with E-state index in [1.807, 2.05) is 43.3 Å². The van der Waals surface area contributed by atoms with Gasteiger partial charge in [-0.25, -0.2) is 9.97 Å². The van der Waals surface area contributed by atoms with Crippen molar-refractivity contribution in [1.29, 1.82) is 0 Å². The van der Waals surface area contributed by atoms with Gasteiger partial charge in [-0.2, -0.15) is 0 Å². The van der Waals surface area contributed by atoms with Crippen molar-refractivity contribution in [2.75, 3.05) is 11.9 Å². The van der Waals surface area contributed by atoms with Gasteiger partial charge < -0.3 is 10.6 Å². The topological polar surface area (TPSA) is 66.9 Å². The molecule has 0 aliphatic rings. The summed E-state index contributed by atoms with van der Waals surface area (Å²) in [7, 11) is 0. The van der Waals surface area contributed by atoms with Gasteiger partial charge in [-0.3, -0.25) is 4.79 Å². The molecule has 3 aromatic rings. The number of hydrogen-bond acceptors (Lipinski definition) is 4. The van der Waals surface area contributed by atoms with Crippen LogP contribution in [0, 0.1) is 6.92 Å². The zero-order valence-electron chi connectivity index (χ0n) is 15.1. The fourth-order valence-electron chi connectivity index (χ4n) is 2.64. The molecule has 0 radical (unpaired) electrons. The van der Waals surface area contributed by atoms with Crippen LogP contribution in [0.4, 0.5) is 5.95 Å². The van der Waals surface area contributed by atoms with Gasteiger partial charge in [0.05, 0.1) is 0 Å². The maximum Gasteiger partial charge on any atom is 0.270 e. The molecule has 138 valence electrons. The molecule has 27 heavy (non-hydrogen) atoms. The lowest BCUT2D eigenvalue weighted by Gasteiger charge is -2.09. The van der Waals surface area contributed by atoms with Crippen molar-refractivity contribution >= 4 is 23.5 Å². The molecule has 0 aliphatic carbocycles. The van der Waals surface area contributed by atoms with Gasteiger partial charge in [-0.05, 0) is 36.6 Å². The highest BCUT2D eigenvalue weighted by molar-refractivity contribution is 6.31. The number of benzene rings is 2. The minimum atomic E-state index is -0.258. The summed E-state index contributed by atoms with van der Waals surface area (Å²) in [5.74, 6) is 0.195. The molecule has 0 saturated heterocycles. The van der Waals surface area contributed by atoms with E-state index < -0.39 is 0 Å². The first-order valence-corrected chi connectivity index (χ1v) is 9.15. The Morgan fingerprint density at radius 3 is 2.56 bits per heavy atom. The molecule has 1 amide bonds. The Bertz CT molecular complexity index is 915. The summed E-state index contributed by atoms with van der Waals surface area (Å²) < 4.78 is 0. The number of amides is 1.